The zero-order valence-electron chi connectivity index (χ0n) is 18.6. The second-order valence-corrected chi connectivity index (χ2v) is 7.62. The number of ether oxygens (including phenoxy) is 3. The van der Waals surface area contributed by atoms with Gasteiger partial charge in [0, 0.05) is 13.1 Å². The number of imide groups is 1. The van der Waals surface area contributed by atoms with Crippen LogP contribution in [-0.2, 0) is 27.4 Å². The number of anilines is 2. The number of amides is 2. The first-order valence-corrected chi connectivity index (χ1v) is 11.0. The normalized spacial score (nSPS) is 13.3. The summed E-state index contributed by atoms with van der Waals surface area (Å²) >= 11 is 0. The number of rotatable bonds is 6. The monoisotopic (exact) mass is 464 g/mol. The Morgan fingerprint density at radius 2 is 1.32 bits per heavy atom. The van der Waals surface area contributed by atoms with E-state index in [0.29, 0.717) is 26.3 Å². The van der Waals surface area contributed by atoms with Crippen LogP contribution in [0.1, 0.15) is 11.1 Å². The van der Waals surface area contributed by atoms with Gasteiger partial charge in [0.05, 0.1) is 24.6 Å². The molecule has 0 N–H and O–H groups in total. The molecular formula is C26H25FN2O5. The fourth-order valence-electron chi connectivity index (χ4n) is 3.62. The number of hydrogen-bond acceptors (Lipinski definition) is 6. The van der Waals surface area contributed by atoms with Crippen molar-refractivity contribution in [2.45, 2.75) is 13.2 Å². The first-order valence-electron chi connectivity index (χ1n) is 11.0. The van der Waals surface area contributed by atoms with Gasteiger partial charge in [0.15, 0.2) is 0 Å². The predicted octanol–water partition coefficient (Wildman–Crippen LogP) is 5.14. The van der Waals surface area contributed by atoms with Crippen LogP contribution in [0.5, 0.6) is 0 Å². The van der Waals surface area contributed by atoms with Crippen LogP contribution in [0.2, 0.25) is 0 Å². The minimum atomic E-state index is -0.956. The van der Waals surface area contributed by atoms with Crippen molar-refractivity contribution < 1.29 is 28.2 Å². The molecule has 2 amide bonds. The number of para-hydroxylation sites is 1. The fourth-order valence-corrected chi connectivity index (χ4v) is 3.62. The molecule has 0 unspecified atom stereocenters. The Morgan fingerprint density at radius 3 is 1.85 bits per heavy atom. The number of carbonyl (C=O) groups is 2. The molecule has 1 fully saturated rings. The van der Waals surface area contributed by atoms with E-state index in [1.54, 1.807) is 29.2 Å². The maximum absolute atomic E-state index is 15.0. The molecule has 1 aliphatic heterocycles. The van der Waals surface area contributed by atoms with Gasteiger partial charge in [0.1, 0.15) is 19.0 Å². The van der Waals surface area contributed by atoms with Gasteiger partial charge in [-0.3, -0.25) is 0 Å². The molecule has 4 rings (SSSR count). The fraction of sp³-hybridized carbons (Fsp3) is 0.231. The highest BCUT2D eigenvalue weighted by Crippen LogP contribution is 2.34. The molecule has 0 bridgehead atoms. The number of carbonyl (C=O) groups excluding carboxylic acids is 2. The third-order valence-corrected chi connectivity index (χ3v) is 5.31. The quantitative estimate of drug-likeness (QED) is 0.503. The molecule has 0 spiro atoms. The van der Waals surface area contributed by atoms with E-state index < -0.39 is 18.0 Å². The van der Waals surface area contributed by atoms with Crippen molar-refractivity contribution in [3.8, 4) is 0 Å². The van der Waals surface area contributed by atoms with Crippen LogP contribution in [0.15, 0.2) is 78.9 Å². The first-order chi connectivity index (χ1) is 16.6. The Hall–Kier alpha value is -3.91. The second-order valence-electron chi connectivity index (χ2n) is 7.62. The lowest BCUT2D eigenvalue weighted by molar-refractivity contribution is 0.122. The molecule has 34 heavy (non-hydrogen) atoms. The van der Waals surface area contributed by atoms with Gasteiger partial charge in [-0.15, -0.1) is 0 Å². The van der Waals surface area contributed by atoms with E-state index >= 15 is 4.39 Å². The summed E-state index contributed by atoms with van der Waals surface area (Å²) in [5.74, 6) is -0.559. The molecule has 0 saturated carbocycles. The molecule has 0 radical (unpaired) electrons. The van der Waals surface area contributed by atoms with Crippen molar-refractivity contribution in [2.75, 3.05) is 36.1 Å². The van der Waals surface area contributed by atoms with Crippen molar-refractivity contribution in [1.29, 1.82) is 0 Å². The van der Waals surface area contributed by atoms with Gasteiger partial charge in [-0.05, 0) is 23.3 Å². The van der Waals surface area contributed by atoms with Crippen molar-refractivity contribution in [3.63, 3.8) is 0 Å². The lowest BCUT2D eigenvalue weighted by atomic mass is 10.2. The van der Waals surface area contributed by atoms with Crippen molar-refractivity contribution >= 4 is 23.6 Å². The molecule has 3 aromatic rings. The first kappa shape index (κ1) is 23.3. The number of morpholine rings is 1. The summed E-state index contributed by atoms with van der Waals surface area (Å²) in [5, 5.41) is 0. The number of nitrogens with zero attached hydrogens (tertiary/aromatic N) is 2. The van der Waals surface area contributed by atoms with Crippen LogP contribution in [-0.4, -0.2) is 38.5 Å². The molecule has 0 aromatic heterocycles. The maximum Gasteiger partial charge on any atom is 0.424 e. The summed E-state index contributed by atoms with van der Waals surface area (Å²) < 4.78 is 31.2. The zero-order valence-corrected chi connectivity index (χ0v) is 18.6. The highest BCUT2D eigenvalue weighted by atomic mass is 19.1. The zero-order chi connectivity index (χ0) is 23.8. The lowest BCUT2D eigenvalue weighted by Crippen LogP contribution is -2.42. The van der Waals surface area contributed by atoms with E-state index in [1.807, 2.05) is 36.4 Å². The van der Waals surface area contributed by atoms with Crippen LogP contribution in [0.25, 0.3) is 0 Å². The van der Waals surface area contributed by atoms with Crippen LogP contribution in [0, 0.1) is 5.82 Å². The molecule has 0 atom stereocenters. The molecule has 0 aliphatic carbocycles. The molecule has 1 saturated heterocycles. The molecule has 1 heterocycles. The van der Waals surface area contributed by atoms with E-state index in [9.17, 15) is 9.59 Å². The number of benzene rings is 3. The van der Waals surface area contributed by atoms with Crippen LogP contribution in [0.3, 0.4) is 0 Å². The van der Waals surface area contributed by atoms with E-state index in [-0.39, 0.29) is 24.6 Å². The average Bonchev–Trinajstić information content (AvgIpc) is 2.88. The van der Waals surface area contributed by atoms with E-state index in [4.69, 9.17) is 14.2 Å². The highest BCUT2D eigenvalue weighted by molar-refractivity contribution is 6.11. The smallest absolute Gasteiger partial charge is 0.424 e. The largest absolute Gasteiger partial charge is 0.444 e. The van der Waals surface area contributed by atoms with Crippen LogP contribution < -0.4 is 9.80 Å². The average molecular weight is 464 g/mol. The van der Waals surface area contributed by atoms with E-state index in [0.717, 1.165) is 16.0 Å². The minimum absolute atomic E-state index is 0.0512. The van der Waals surface area contributed by atoms with Crippen molar-refractivity contribution in [2.24, 2.45) is 0 Å². The Kier molecular flexibility index (Phi) is 7.72. The van der Waals surface area contributed by atoms with Gasteiger partial charge in [-0.1, -0.05) is 66.7 Å². The summed E-state index contributed by atoms with van der Waals surface area (Å²) in [4.78, 5) is 28.8. The predicted molar refractivity (Wildman–Crippen MR) is 125 cm³/mol. The summed E-state index contributed by atoms with van der Waals surface area (Å²) in [6.45, 7) is 1.55. The van der Waals surface area contributed by atoms with Gasteiger partial charge < -0.3 is 19.1 Å². The lowest BCUT2D eigenvalue weighted by Gasteiger charge is -2.32. The summed E-state index contributed by atoms with van der Waals surface area (Å²) in [6.07, 6.45) is -1.91. The summed E-state index contributed by atoms with van der Waals surface area (Å²) in [5.41, 5.74) is 1.68. The Labute approximate surface area is 197 Å². The summed E-state index contributed by atoms with van der Waals surface area (Å²) in [6, 6.07) is 22.4. The SMILES string of the molecule is O=C(OCc1ccccc1)N(C(=O)OCc1ccccc1)c1cccc(F)c1N1CCOCC1. The van der Waals surface area contributed by atoms with Gasteiger partial charge in [0.25, 0.3) is 0 Å². The number of halogens is 1. The third kappa shape index (κ3) is 5.71. The van der Waals surface area contributed by atoms with Crippen molar-refractivity contribution in [3.05, 3.63) is 95.8 Å². The highest BCUT2D eigenvalue weighted by Gasteiger charge is 2.32. The molecule has 3 aromatic carbocycles. The Morgan fingerprint density at radius 1 is 0.794 bits per heavy atom. The van der Waals surface area contributed by atoms with E-state index in [2.05, 4.69) is 0 Å². The van der Waals surface area contributed by atoms with Gasteiger partial charge in [0.2, 0.25) is 0 Å². The van der Waals surface area contributed by atoms with Gasteiger partial charge in [-0.2, -0.15) is 4.90 Å². The maximum atomic E-state index is 15.0. The Balaban J connectivity index is 1.62. The topological polar surface area (TPSA) is 68.3 Å². The van der Waals surface area contributed by atoms with Gasteiger partial charge in [-0.25, -0.2) is 14.0 Å². The molecular weight excluding hydrogens is 439 g/mol. The number of hydrogen-bond donors (Lipinski definition) is 0. The van der Waals surface area contributed by atoms with Gasteiger partial charge >= 0.3 is 12.2 Å². The molecule has 8 heteroatoms. The second kappa shape index (κ2) is 11.3. The minimum Gasteiger partial charge on any atom is -0.444 e. The molecule has 7 nitrogen and oxygen atoms in total. The summed E-state index contributed by atoms with van der Waals surface area (Å²) in [7, 11) is 0. The van der Waals surface area contributed by atoms with Crippen molar-refractivity contribution in [1.82, 2.24) is 0 Å². The van der Waals surface area contributed by atoms with Crippen LogP contribution in [0.4, 0.5) is 25.4 Å². The third-order valence-electron chi connectivity index (χ3n) is 5.31. The molecule has 176 valence electrons. The Bertz CT molecular complexity index is 1050. The van der Waals surface area contributed by atoms with E-state index in [1.165, 1.54) is 18.2 Å². The van der Waals surface area contributed by atoms with Crippen LogP contribution >= 0.6 is 0 Å². The molecule has 1 aliphatic rings. The standard InChI is InChI=1S/C26H25FN2O5/c27-22-12-7-13-23(24(22)28-14-16-32-17-15-28)29(25(30)33-18-20-8-3-1-4-9-20)26(31)34-19-21-10-5-2-6-11-21/h1-13H,14-19H2.